The first-order valence-corrected chi connectivity index (χ1v) is 5.27. The van der Waals surface area contributed by atoms with Gasteiger partial charge < -0.3 is 4.74 Å². The Kier molecular flexibility index (Phi) is 2.69. The number of hydrogen-bond acceptors (Lipinski definition) is 3. The third kappa shape index (κ3) is 2.24. The van der Waals surface area contributed by atoms with Crippen LogP contribution in [0.15, 0.2) is 16.7 Å². The maximum absolute atomic E-state index is 8.83. The van der Waals surface area contributed by atoms with Crippen LogP contribution in [0.25, 0.3) is 0 Å². The van der Waals surface area contributed by atoms with E-state index in [4.69, 9.17) is 10.00 Å². The van der Waals surface area contributed by atoms with E-state index in [1.807, 2.05) is 0 Å². The van der Waals surface area contributed by atoms with Crippen LogP contribution in [0.4, 0.5) is 0 Å². The van der Waals surface area contributed by atoms with Crippen molar-refractivity contribution in [2.75, 3.05) is 6.61 Å². The molecule has 0 unspecified atom stereocenters. The van der Waals surface area contributed by atoms with Crippen molar-refractivity contribution in [2.24, 2.45) is 5.92 Å². The van der Waals surface area contributed by atoms with E-state index in [0.29, 0.717) is 24.0 Å². The monoisotopic (exact) mass is 252 g/mol. The number of ether oxygens (including phenoxy) is 1. The summed E-state index contributed by atoms with van der Waals surface area (Å²) in [5, 5.41) is 8.83. The molecule has 1 aromatic rings. The Morgan fingerprint density at radius 2 is 2.43 bits per heavy atom. The normalized spacial score (nSPS) is 14.9. The Balaban J connectivity index is 2.10. The zero-order valence-electron chi connectivity index (χ0n) is 7.53. The average molecular weight is 253 g/mol. The van der Waals surface area contributed by atoms with Crippen molar-refractivity contribution in [3.63, 3.8) is 0 Å². The van der Waals surface area contributed by atoms with Gasteiger partial charge in [0, 0.05) is 10.7 Å². The second kappa shape index (κ2) is 3.97. The maximum Gasteiger partial charge on any atom is 0.231 e. The lowest BCUT2D eigenvalue weighted by atomic mass is 10.3. The van der Waals surface area contributed by atoms with Crippen LogP contribution in [0.2, 0.25) is 0 Å². The van der Waals surface area contributed by atoms with Crippen LogP contribution in [-0.2, 0) is 0 Å². The molecular formula is C10H9BrN2O. The molecule has 3 nitrogen and oxygen atoms in total. The standard InChI is InChI=1S/C10H9BrN2O/c11-9-3-8(4-12)10(13-5-9)14-6-7-1-2-7/h3,5,7H,1-2,6H2. The van der Waals surface area contributed by atoms with Gasteiger partial charge in [0.1, 0.15) is 11.6 Å². The first-order valence-electron chi connectivity index (χ1n) is 4.48. The highest BCUT2D eigenvalue weighted by molar-refractivity contribution is 9.10. The van der Waals surface area contributed by atoms with Crippen LogP contribution in [0.5, 0.6) is 5.88 Å². The van der Waals surface area contributed by atoms with E-state index in [0.717, 1.165) is 4.47 Å². The van der Waals surface area contributed by atoms with Gasteiger partial charge in [-0.15, -0.1) is 0 Å². The molecule has 1 heterocycles. The zero-order valence-corrected chi connectivity index (χ0v) is 9.12. The average Bonchev–Trinajstić information content (AvgIpc) is 2.99. The summed E-state index contributed by atoms with van der Waals surface area (Å²) in [6.45, 7) is 0.684. The first-order chi connectivity index (χ1) is 6.79. The van der Waals surface area contributed by atoms with Gasteiger partial charge >= 0.3 is 0 Å². The van der Waals surface area contributed by atoms with Crippen molar-refractivity contribution >= 4 is 15.9 Å². The minimum absolute atomic E-state index is 0.447. The van der Waals surface area contributed by atoms with Gasteiger partial charge in [-0.05, 0) is 40.8 Å². The lowest BCUT2D eigenvalue weighted by Crippen LogP contribution is -2.02. The highest BCUT2D eigenvalue weighted by Gasteiger charge is 2.22. The number of rotatable bonds is 3. The van der Waals surface area contributed by atoms with E-state index in [2.05, 4.69) is 27.0 Å². The molecule has 0 aromatic carbocycles. The molecule has 72 valence electrons. The highest BCUT2D eigenvalue weighted by atomic mass is 79.9. The minimum atomic E-state index is 0.447. The van der Waals surface area contributed by atoms with Gasteiger partial charge in [0.15, 0.2) is 0 Å². The fraction of sp³-hybridized carbons (Fsp3) is 0.400. The molecule has 0 atom stereocenters. The van der Waals surface area contributed by atoms with Crippen LogP contribution >= 0.6 is 15.9 Å². The highest BCUT2D eigenvalue weighted by Crippen LogP contribution is 2.30. The van der Waals surface area contributed by atoms with Crippen molar-refractivity contribution in [2.45, 2.75) is 12.8 Å². The maximum atomic E-state index is 8.83. The van der Waals surface area contributed by atoms with Crippen molar-refractivity contribution in [3.8, 4) is 11.9 Å². The van der Waals surface area contributed by atoms with Gasteiger partial charge in [0.25, 0.3) is 0 Å². The van der Waals surface area contributed by atoms with Crippen molar-refractivity contribution < 1.29 is 4.74 Å². The molecule has 1 aromatic heterocycles. The number of halogens is 1. The van der Waals surface area contributed by atoms with Crippen LogP contribution in [0.1, 0.15) is 18.4 Å². The molecule has 0 N–H and O–H groups in total. The van der Waals surface area contributed by atoms with Gasteiger partial charge in [-0.3, -0.25) is 0 Å². The summed E-state index contributed by atoms with van der Waals surface area (Å²) in [5.41, 5.74) is 0.486. The number of nitrogens with zero attached hydrogens (tertiary/aromatic N) is 2. The van der Waals surface area contributed by atoms with E-state index < -0.39 is 0 Å². The fourth-order valence-electron chi connectivity index (χ4n) is 1.10. The third-order valence-corrected chi connectivity index (χ3v) is 2.52. The molecule has 2 rings (SSSR count). The lowest BCUT2D eigenvalue weighted by molar-refractivity contribution is 0.287. The molecule has 4 heteroatoms. The quantitative estimate of drug-likeness (QED) is 0.831. The molecule has 1 aliphatic carbocycles. The van der Waals surface area contributed by atoms with Gasteiger partial charge in [0.2, 0.25) is 5.88 Å². The number of nitriles is 1. The smallest absolute Gasteiger partial charge is 0.231 e. The van der Waals surface area contributed by atoms with Crippen molar-refractivity contribution in [3.05, 3.63) is 22.3 Å². The summed E-state index contributed by atoms with van der Waals surface area (Å²) in [5.74, 6) is 1.12. The molecule has 1 aliphatic rings. The molecule has 0 amide bonds. The summed E-state index contributed by atoms with van der Waals surface area (Å²) in [7, 11) is 0. The Morgan fingerprint density at radius 1 is 1.64 bits per heavy atom. The zero-order chi connectivity index (χ0) is 9.97. The lowest BCUT2D eigenvalue weighted by Gasteiger charge is -2.05. The molecule has 0 radical (unpaired) electrons. The van der Waals surface area contributed by atoms with Gasteiger partial charge in [-0.2, -0.15) is 5.26 Å². The fourth-order valence-corrected chi connectivity index (χ4v) is 1.43. The molecule has 0 bridgehead atoms. The third-order valence-electron chi connectivity index (χ3n) is 2.09. The number of aromatic nitrogens is 1. The summed E-state index contributed by atoms with van der Waals surface area (Å²) in [6, 6.07) is 3.78. The molecule has 0 saturated heterocycles. The van der Waals surface area contributed by atoms with Gasteiger partial charge in [-0.1, -0.05) is 0 Å². The van der Waals surface area contributed by atoms with Crippen molar-refractivity contribution in [1.29, 1.82) is 5.26 Å². The predicted molar refractivity (Wildman–Crippen MR) is 54.9 cm³/mol. The Hall–Kier alpha value is -1.08. The van der Waals surface area contributed by atoms with E-state index in [9.17, 15) is 0 Å². The summed E-state index contributed by atoms with van der Waals surface area (Å²) in [4.78, 5) is 4.06. The number of hydrogen-bond donors (Lipinski definition) is 0. The molecule has 0 spiro atoms. The van der Waals surface area contributed by atoms with Gasteiger partial charge in [0.05, 0.1) is 6.61 Å². The molecule has 14 heavy (non-hydrogen) atoms. The van der Waals surface area contributed by atoms with Crippen LogP contribution in [-0.4, -0.2) is 11.6 Å². The number of pyridine rings is 1. The Bertz CT molecular complexity index is 382. The van der Waals surface area contributed by atoms with Crippen molar-refractivity contribution in [1.82, 2.24) is 4.98 Å². The molecule has 1 saturated carbocycles. The SMILES string of the molecule is N#Cc1cc(Br)cnc1OCC1CC1. The van der Waals surface area contributed by atoms with Gasteiger partial charge in [-0.25, -0.2) is 4.98 Å². The molecule has 1 fully saturated rings. The second-order valence-corrected chi connectivity index (χ2v) is 4.29. The summed E-state index contributed by atoms with van der Waals surface area (Å²) >= 11 is 3.26. The first kappa shape index (κ1) is 9.47. The van der Waals surface area contributed by atoms with E-state index >= 15 is 0 Å². The second-order valence-electron chi connectivity index (χ2n) is 3.37. The topological polar surface area (TPSA) is 45.9 Å². The minimum Gasteiger partial charge on any atom is -0.476 e. The van der Waals surface area contributed by atoms with E-state index in [-0.39, 0.29) is 0 Å². The Morgan fingerprint density at radius 3 is 3.07 bits per heavy atom. The van der Waals surface area contributed by atoms with E-state index in [1.165, 1.54) is 12.8 Å². The van der Waals surface area contributed by atoms with Crippen LogP contribution in [0.3, 0.4) is 0 Å². The van der Waals surface area contributed by atoms with Crippen LogP contribution < -0.4 is 4.74 Å². The Labute approximate surface area is 90.8 Å². The summed E-state index contributed by atoms with van der Waals surface area (Å²) < 4.78 is 6.25. The van der Waals surface area contributed by atoms with E-state index in [1.54, 1.807) is 12.3 Å². The molecular weight excluding hydrogens is 244 g/mol. The van der Waals surface area contributed by atoms with Crippen LogP contribution in [0, 0.1) is 17.2 Å². The largest absolute Gasteiger partial charge is 0.476 e. The summed E-state index contributed by atoms with van der Waals surface area (Å²) in [6.07, 6.45) is 4.11. The molecule has 0 aliphatic heterocycles. The predicted octanol–water partition coefficient (Wildman–Crippen LogP) is 2.50.